The van der Waals surface area contributed by atoms with Crippen molar-refractivity contribution in [2.24, 2.45) is 10.9 Å². The quantitative estimate of drug-likeness (QED) is 0.340. The minimum Gasteiger partial charge on any atom is -0.359 e. The Morgan fingerprint density at radius 3 is 2.67 bits per heavy atom. The van der Waals surface area contributed by atoms with Gasteiger partial charge in [-0.1, -0.05) is 12.2 Å². The molecule has 1 fully saturated rings. The number of piperidine rings is 1. The van der Waals surface area contributed by atoms with E-state index in [4.69, 9.17) is 0 Å². The molecule has 0 saturated carbocycles. The molecule has 0 radical (unpaired) electrons. The number of carbonyl (C=O) groups excluding carboxylic acids is 1. The van der Waals surface area contributed by atoms with Crippen molar-refractivity contribution < 1.29 is 4.79 Å². The average Bonchev–Trinajstić information content (AvgIpc) is 2.51. The lowest BCUT2D eigenvalue weighted by Gasteiger charge is -2.34. The van der Waals surface area contributed by atoms with Crippen LogP contribution in [0.3, 0.4) is 0 Å². The molecule has 0 aromatic carbocycles. The highest BCUT2D eigenvalue weighted by Gasteiger charge is 2.22. The lowest BCUT2D eigenvalue weighted by molar-refractivity contribution is -0.121. The highest BCUT2D eigenvalue weighted by molar-refractivity contribution is 5.80. The molecule has 1 amide bonds. The largest absolute Gasteiger partial charge is 0.359 e. The molecule has 5 heteroatoms. The topological polar surface area (TPSA) is 56.7 Å². The van der Waals surface area contributed by atoms with E-state index in [1.54, 1.807) is 7.05 Å². The fourth-order valence-corrected chi connectivity index (χ4v) is 2.55. The van der Waals surface area contributed by atoms with E-state index < -0.39 is 0 Å². The van der Waals surface area contributed by atoms with Crippen molar-refractivity contribution in [3.63, 3.8) is 0 Å². The molecule has 0 aromatic heterocycles. The molecule has 0 aliphatic carbocycles. The first-order valence-corrected chi connectivity index (χ1v) is 8.06. The van der Waals surface area contributed by atoms with E-state index in [0.717, 1.165) is 51.4 Å². The normalized spacial score (nSPS) is 17.3. The Labute approximate surface area is 128 Å². The molecule has 1 aliphatic rings. The van der Waals surface area contributed by atoms with Crippen molar-refractivity contribution in [1.29, 1.82) is 0 Å². The number of hydrogen-bond donors (Lipinski definition) is 2. The molecule has 1 aliphatic heterocycles. The van der Waals surface area contributed by atoms with Gasteiger partial charge in [-0.05, 0) is 39.0 Å². The Morgan fingerprint density at radius 2 is 2.10 bits per heavy atom. The van der Waals surface area contributed by atoms with E-state index in [1.807, 2.05) is 6.92 Å². The number of likely N-dealkylation sites (tertiary alicyclic amines) is 1. The van der Waals surface area contributed by atoms with Crippen LogP contribution in [-0.2, 0) is 4.79 Å². The Morgan fingerprint density at radius 1 is 1.38 bits per heavy atom. The molecule has 1 heterocycles. The molecule has 120 valence electrons. The van der Waals surface area contributed by atoms with Crippen LogP contribution in [0.25, 0.3) is 0 Å². The van der Waals surface area contributed by atoms with E-state index in [9.17, 15) is 4.79 Å². The van der Waals surface area contributed by atoms with Crippen molar-refractivity contribution in [2.45, 2.75) is 39.5 Å². The van der Waals surface area contributed by atoms with Gasteiger partial charge in [0.25, 0.3) is 0 Å². The summed E-state index contributed by atoms with van der Waals surface area (Å²) in [6.45, 7) is 7.81. The Hall–Kier alpha value is -1.52. The summed E-state index contributed by atoms with van der Waals surface area (Å²) in [5.74, 6) is 1.67. The zero-order valence-corrected chi connectivity index (χ0v) is 13.7. The highest BCUT2D eigenvalue weighted by atomic mass is 16.1. The molecule has 21 heavy (non-hydrogen) atoms. The first-order valence-electron chi connectivity index (χ1n) is 8.06. The summed E-state index contributed by atoms with van der Waals surface area (Å²) in [4.78, 5) is 18.4. The number of guanidine groups is 1. The lowest BCUT2D eigenvalue weighted by Crippen LogP contribution is -2.46. The van der Waals surface area contributed by atoms with E-state index in [-0.39, 0.29) is 5.91 Å². The summed E-state index contributed by atoms with van der Waals surface area (Å²) in [5.41, 5.74) is 0. The number of allylic oxidation sites excluding steroid dienone is 1. The second-order valence-corrected chi connectivity index (χ2v) is 5.40. The number of aliphatic imine (C=N–C) groups is 1. The smallest absolute Gasteiger partial charge is 0.220 e. The van der Waals surface area contributed by atoms with Crippen molar-refractivity contribution in [1.82, 2.24) is 15.5 Å². The van der Waals surface area contributed by atoms with Gasteiger partial charge in [0.05, 0.1) is 0 Å². The number of nitrogens with one attached hydrogen (secondary N) is 2. The maximum atomic E-state index is 11.4. The third-order valence-electron chi connectivity index (χ3n) is 3.79. The van der Waals surface area contributed by atoms with Crippen LogP contribution in [0.1, 0.15) is 39.5 Å². The van der Waals surface area contributed by atoms with Crippen LogP contribution in [0.4, 0.5) is 0 Å². The van der Waals surface area contributed by atoms with Crippen molar-refractivity contribution in [3.8, 4) is 0 Å². The van der Waals surface area contributed by atoms with Gasteiger partial charge in [0.2, 0.25) is 5.91 Å². The maximum absolute atomic E-state index is 11.4. The minimum absolute atomic E-state index is 0.153. The summed E-state index contributed by atoms with van der Waals surface area (Å²) in [7, 11) is 1.71. The molecule has 0 spiro atoms. The van der Waals surface area contributed by atoms with Crippen LogP contribution in [0.5, 0.6) is 0 Å². The van der Waals surface area contributed by atoms with E-state index in [1.165, 1.54) is 0 Å². The van der Waals surface area contributed by atoms with Gasteiger partial charge in [0.1, 0.15) is 0 Å². The van der Waals surface area contributed by atoms with E-state index in [0.29, 0.717) is 12.3 Å². The van der Waals surface area contributed by atoms with Crippen molar-refractivity contribution >= 4 is 11.9 Å². The molecule has 1 rings (SSSR count). The number of amides is 1. The average molecular weight is 294 g/mol. The van der Waals surface area contributed by atoms with Crippen LogP contribution in [-0.4, -0.2) is 50.0 Å². The zero-order valence-electron chi connectivity index (χ0n) is 13.7. The van der Waals surface area contributed by atoms with Gasteiger partial charge < -0.3 is 15.5 Å². The van der Waals surface area contributed by atoms with Gasteiger partial charge in [-0.15, -0.1) is 0 Å². The van der Waals surface area contributed by atoms with Gasteiger partial charge in [0.15, 0.2) is 5.96 Å². The predicted molar refractivity (Wildman–Crippen MR) is 88.4 cm³/mol. The van der Waals surface area contributed by atoms with Gasteiger partial charge >= 0.3 is 0 Å². The third kappa shape index (κ3) is 6.65. The van der Waals surface area contributed by atoms with Gasteiger partial charge in [0, 0.05) is 39.6 Å². The number of carbonyl (C=O) groups is 1. The minimum atomic E-state index is 0.153. The van der Waals surface area contributed by atoms with Crippen LogP contribution < -0.4 is 10.6 Å². The number of hydrogen-bond acceptors (Lipinski definition) is 2. The van der Waals surface area contributed by atoms with Crippen LogP contribution in [0, 0.1) is 5.92 Å². The SMILES string of the molecule is C/C=C/CCN=C(NCC)N1CCC(CC(=O)NC)CC1. The second kappa shape index (κ2) is 10.2. The Balaban J connectivity index is 2.45. The molecule has 5 nitrogen and oxygen atoms in total. The monoisotopic (exact) mass is 294 g/mol. The van der Waals surface area contributed by atoms with Gasteiger partial charge in [-0.2, -0.15) is 0 Å². The molecular formula is C16H30N4O. The van der Waals surface area contributed by atoms with Crippen molar-refractivity contribution in [2.75, 3.05) is 33.2 Å². The summed E-state index contributed by atoms with van der Waals surface area (Å²) >= 11 is 0. The Kier molecular flexibility index (Phi) is 8.55. The standard InChI is InChI=1S/C16H30N4O/c1-4-6-7-10-19-16(18-5-2)20-11-8-14(9-12-20)13-15(21)17-3/h4,6,14H,5,7-13H2,1-3H3,(H,17,21)(H,18,19)/b6-4+. The van der Waals surface area contributed by atoms with Gasteiger partial charge in [-0.25, -0.2) is 0 Å². The number of rotatable bonds is 6. The molecule has 0 bridgehead atoms. The fourth-order valence-electron chi connectivity index (χ4n) is 2.55. The maximum Gasteiger partial charge on any atom is 0.220 e. The van der Waals surface area contributed by atoms with Crippen LogP contribution >= 0.6 is 0 Å². The van der Waals surface area contributed by atoms with Crippen molar-refractivity contribution in [3.05, 3.63) is 12.2 Å². The van der Waals surface area contributed by atoms with Crippen LogP contribution in [0.2, 0.25) is 0 Å². The first kappa shape index (κ1) is 17.5. The summed E-state index contributed by atoms with van der Waals surface area (Å²) in [6, 6.07) is 0. The first-order chi connectivity index (χ1) is 10.2. The lowest BCUT2D eigenvalue weighted by atomic mass is 9.93. The Bertz CT molecular complexity index is 357. The molecule has 0 unspecified atom stereocenters. The number of nitrogens with zero attached hydrogens (tertiary/aromatic N) is 2. The highest BCUT2D eigenvalue weighted by Crippen LogP contribution is 2.20. The molecule has 1 saturated heterocycles. The van der Waals surface area contributed by atoms with E-state index in [2.05, 4.69) is 39.6 Å². The molecular weight excluding hydrogens is 264 g/mol. The molecule has 2 N–H and O–H groups in total. The summed E-state index contributed by atoms with van der Waals surface area (Å²) < 4.78 is 0. The fraction of sp³-hybridized carbons (Fsp3) is 0.750. The zero-order chi connectivity index (χ0) is 15.5. The van der Waals surface area contributed by atoms with E-state index >= 15 is 0 Å². The third-order valence-corrected chi connectivity index (χ3v) is 3.79. The molecule has 0 aromatic rings. The van der Waals surface area contributed by atoms with Crippen LogP contribution in [0.15, 0.2) is 17.1 Å². The second-order valence-electron chi connectivity index (χ2n) is 5.40. The summed E-state index contributed by atoms with van der Waals surface area (Å²) in [5, 5.41) is 6.08. The van der Waals surface area contributed by atoms with Gasteiger partial charge in [-0.3, -0.25) is 9.79 Å². The molecule has 0 atom stereocenters. The predicted octanol–water partition coefficient (Wildman–Crippen LogP) is 1.77. The summed E-state index contributed by atoms with van der Waals surface area (Å²) in [6.07, 6.45) is 7.96.